The minimum absolute atomic E-state index is 0.0963. The van der Waals surface area contributed by atoms with Crippen molar-refractivity contribution in [3.8, 4) is 17.2 Å². The van der Waals surface area contributed by atoms with Crippen LogP contribution < -0.4 is 4.74 Å². The Morgan fingerprint density at radius 2 is 1.63 bits per heavy atom. The highest BCUT2D eigenvalue weighted by atomic mass is 127. The van der Waals surface area contributed by atoms with E-state index in [1.54, 1.807) is 12.1 Å². The van der Waals surface area contributed by atoms with Crippen molar-refractivity contribution >= 4 is 69.0 Å². The minimum Gasteiger partial charge on any atom is -0.503 e. The normalized spacial score (nSPS) is 10.6. The first-order valence-corrected chi connectivity index (χ1v) is 7.48. The minimum atomic E-state index is -0.0963. The molecular formula is C12H5Cl4IO2. The van der Waals surface area contributed by atoms with E-state index >= 15 is 0 Å². The van der Waals surface area contributed by atoms with E-state index in [4.69, 9.17) is 51.1 Å². The third kappa shape index (κ3) is 3.34. The Morgan fingerprint density at radius 3 is 2.26 bits per heavy atom. The largest absolute Gasteiger partial charge is 0.503 e. The molecule has 2 nitrogen and oxygen atoms in total. The number of phenols is 1. The first-order chi connectivity index (χ1) is 8.90. The fraction of sp³-hybridized carbons (Fsp3) is 0. The smallest absolute Gasteiger partial charge is 0.173 e. The van der Waals surface area contributed by atoms with E-state index in [2.05, 4.69) is 0 Å². The van der Waals surface area contributed by atoms with Crippen molar-refractivity contribution in [2.24, 2.45) is 0 Å². The molecule has 0 aliphatic rings. The molecule has 2 rings (SSSR count). The topological polar surface area (TPSA) is 29.5 Å². The second kappa shape index (κ2) is 6.14. The molecule has 1 N–H and O–H groups in total. The van der Waals surface area contributed by atoms with Gasteiger partial charge in [0.15, 0.2) is 11.5 Å². The molecule has 0 bridgehead atoms. The number of aromatic hydroxyl groups is 1. The van der Waals surface area contributed by atoms with Crippen molar-refractivity contribution in [3.63, 3.8) is 0 Å². The van der Waals surface area contributed by atoms with Gasteiger partial charge in [0.1, 0.15) is 5.75 Å². The third-order valence-electron chi connectivity index (χ3n) is 2.22. The molecule has 0 atom stereocenters. The van der Waals surface area contributed by atoms with E-state index in [1.807, 2.05) is 22.6 Å². The predicted octanol–water partition coefficient (Wildman–Crippen LogP) is 6.40. The number of phenolic OH excluding ortho intramolecular Hbond substituents is 1. The van der Waals surface area contributed by atoms with Gasteiger partial charge in [-0.2, -0.15) is 0 Å². The molecule has 0 unspecified atom stereocenters. The van der Waals surface area contributed by atoms with Gasteiger partial charge in [-0.05, 0) is 40.8 Å². The summed E-state index contributed by atoms with van der Waals surface area (Å²) in [6, 6.07) is 6.19. The monoisotopic (exact) mass is 448 g/mol. The Balaban J connectivity index is 2.44. The predicted molar refractivity (Wildman–Crippen MR) is 87.4 cm³/mol. The molecular weight excluding hydrogens is 445 g/mol. The van der Waals surface area contributed by atoms with Gasteiger partial charge in [0, 0.05) is 11.1 Å². The van der Waals surface area contributed by atoms with Crippen molar-refractivity contribution in [1.29, 1.82) is 0 Å². The molecule has 0 saturated heterocycles. The van der Waals surface area contributed by atoms with Crippen molar-refractivity contribution in [2.75, 3.05) is 0 Å². The van der Waals surface area contributed by atoms with Crippen LogP contribution in [0.3, 0.4) is 0 Å². The van der Waals surface area contributed by atoms with Crippen LogP contribution in [0.25, 0.3) is 0 Å². The van der Waals surface area contributed by atoms with Gasteiger partial charge in [0.2, 0.25) is 0 Å². The number of hydrogen-bond donors (Lipinski definition) is 1. The Hall–Kier alpha value is -0.0700. The van der Waals surface area contributed by atoms with Crippen LogP contribution in [0.5, 0.6) is 17.2 Å². The van der Waals surface area contributed by atoms with Gasteiger partial charge in [-0.1, -0.05) is 46.4 Å². The van der Waals surface area contributed by atoms with Gasteiger partial charge < -0.3 is 9.84 Å². The van der Waals surface area contributed by atoms with E-state index in [1.165, 1.54) is 12.1 Å². The molecule has 2 aromatic rings. The van der Waals surface area contributed by atoms with Crippen molar-refractivity contribution in [2.45, 2.75) is 0 Å². The first-order valence-electron chi connectivity index (χ1n) is 4.89. The van der Waals surface area contributed by atoms with E-state index in [0.717, 1.165) is 0 Å². The maximum atomic E-state index is 9.96. The first kappa shape index (κ1) is 15.3. The van der Waals surface area contributed by atoms with Crippen molar-refractivity contribution in [1.82, 2.24) is 0 Å². The fourth-order valence-electron chi connectivity index (χ4n) is 1.32. The lowest BCUT2D eigenvalue weighted by Crippen LogP contribution is -1.89. The van der Waals surface area contributed by atoms with Crippen LogP contribution in [0.4, 0.5) is 0 Å². The Bertz CT molecular complexity index is 646. The summed E-state index contributed by atoms with van der Waals surface area (Å²) in [5.41, 5.74) is 0. The van der Waals surface area contributed by atoms with Crippen molar-refractivity contribution < 1.29 is 9.84 Å². The average molecular weight is 450 g/mol. The number of rotatable bonds is 2. The van der Waals surface area contributed by atoms with Crippen LogP contribution in [0.2, 0.25) is 20.1 Å². The molecule has 0 spiro atoms. The maximum absolute atomic E-state index is 9.96. The summed E-state index contributed by atoms with van der Waals surface area (Å²) in [6.45, 7) is 0. The lowest BCUT2D eigenvalue weighted by Gasteiger charge is -2.12. The zero-order chi connectivity index (χ0) is 14.2. The van der Waals surface area contributed by atoms with E-state index in [9.17, 15) is 5.11 Å². The summed E-state index contributed by atoms with van der Waals surface area (Å²) < 4.78 is 5.93. The summed E-state index contributed by atoms with van der Waals surface area (Å²) in [5.74, 6) is 0.430. The molecule has 0 amide bonds. The number of hydrogen-bond acceptors (Lipinski definition) is 2. The molecule has 0 aliphatic carbocycles. The lowest BCUT2D eigenvalue weighted by atomic mass is 10.3. The highest BCUT2D eigenvalue weighted by Gasteiger charge is 2.16. The summed E-state index contributed by atoms with van der Waals surface area (Å²) in [5, 5.41) is 11.3. The van der Waals surface area contributed by atoms with Crippen molar-refractivity contribution in [3.05, 3.63) is 47.9 Å². The van der Waals surface area contributed by atoms with Crippen LogP contribution in [-0.2, 0) is 0 Å². The van der Waals surface area contributed by atoms with Gasteiger partial charge in [0.05, 0.1) is 18.6 Å². The second-order valence-electron chi connectivity index (χ2n) is 3.51. The van der Waals surface area contributed by atoms with Crippen LogP contribution in [0, 0.1) is 3.57 Å². The van der Waals surface area contributed by atoms with Crippen LogP contribution in [0.15, 0.2) is 24.3 Å². The highest BCUT2D eigenvalue weighted by molar-refractivity contribution is 14.1. The molecule has 19 heavy (non-hydrogen) atoms. The number of halogens is 5. The highest BCUT2D eigenvalue weighted by Crippen LogP contribution is 2.43. The second-order valence-corrected chi connectivity index (χ2v) is 6.22. The molecule has 100 valence electrons. The molecule has 0 fully saturated rings. The zero-order valence-electron chi connectivity index (χ0n) is 9.05. The standard InChI is InChI=1S/C12H5Cl4IO2/c13-5-1-2-8(6(14)3-5)19-9-4-7(15)10(16)11(17)12(9)18/h1-4,18H. The van der Waals surface area contributed by atoms with Gasteiger partial charge in [-0.25, -0.2) is 0 Å². The number of ether oxygens (including phenoxy) is 1. The van der Waals surface area contributed by atoms with Gasteiger partial charge in [0.25, 0.3) is 0 Å². The van der Waals surface area contributed by atoms with E-state index in [-0.39, 0.29) is 21.5 Å². The average Bonchev–Trinajstić information content (AvgIpc) is 2.36. The summed E-state index contributed by atoms with van der Waals surface area (Å²) in [4.78, 5) is 0. The lowest BCUT2D eigenvalue weighted by molar-refractivity contribution is 0.409. The van der Waals surface area contributed by atoms with E-state index in [0.29, 0.717) is 19.4 Å². The SMILES string of the molecule is Oc1c(Oc2ccc(Cl)cc2Cl)cc(Cl)c(Cl)c1I. The molecule has 0 heterocycles. The zero-order valence-corrected chi connectivity index (χ0v) is 14.2. The fourth-order valence-corrected chi connectivity index (χ4v) is 2.82. The third-order valence-corrected chi connectivity index (χ3v) is 4.90. The van der Waals surface area contributed by atoms with Gasteiger partial charge >= 0.3 is 0 Å². The Kier molecular flexibility index (Phi) is 4.95. The van der Waals surface area contributed by atoms with Crippen LogP contribution >= 0.6 is 69.0 Å². The molecule has 2 aromatic carbocycles. The van der Waals surface area contributed by atoms with Gasteiger partial charge in [-0.3, -0.25) is 0 Å². The molecule has 0 saturated carbocycles. The molecule has 0 aliphatic heterocycles. The summed E-state index contributed by atoms with van der Waals surface area (Å²) >= 11 is 25.5. The molecule has 0 aromatic heterocycles. The van der Waals surface area contributed by atoms with Gasteiger partial charge in [-0.15, -0.1) is 0 Å². The van der Waals surface area contributed by atoms with Crippen LogP contribution in [0.1, 0.15) is 0 Å². The molecule has 7 heteroatoms. The summed E-state index contributed by atoms with van der Waals surface area (Å²) in [7, 11) is 0. The number of benzene rings is 2. The quantitative estimate of drug-likeness (QED) is 0.424. The van der Waals surface area contributed by atoms with Crippen LogP contribution in [-0.4, -0.2) is 5.11 Å². The Labute approximate surface area is 143 Å². The summed E-state index contributed by atoms with van der Waals surface area (Å²) in [6.07, 6.45) is 0. The maximum Gasteiger partial charge on any atom is 0.173 e. The molecule has 0 radical (unpaired) electrons. The Morgan fingerprint density at radius 1 is 0.947 bits per heavy atom. The van der Waals surface area contributed by atoms with E-state index < -0.39 is 0 Å².